The Morgan fingerprint density at radius 1 is 1.29 bits per heavy atom. The first-order chi connectivity index (χ1) is 11.2. The average Bonchev–Trinajstić information content (AvgIpc) is 2.96. The van der Waals surface area contributed by atoms with E-state index in [1.165, 1.54) is 6.26 Å². The van der Waals surface area contributed by atoms with Crippen molar-refractivity contribution < 1.29 is 13.2 Å². The summed E-state index contributed by atoms with van der Waals surface area (Å²) in [5.74, 6) is 0.828. The highest BCUT2D eigenvalue weighted by molar-refractivity contribution is 7.88. The van der Waals surface area contributed by atoms with Gasteiger partial charge in [0.1, 0.15) is 0 Å². The molecule has 2 fully saturated rings. The molecule has 2 saturated heterocycles. The van der Waals surface area contributed by atoms with Crippen molar-refractivity contribution in [1.29, 1.82) is 0 Å². The zero-order valence-electron chi connectivity index (χ0n) is 15.2. The molecule has 0 aromatic rings. The van der Waals surface area contributed by atoms with E-state index in [-0.39, 0.29) is 0 Å². The molecule has 0 bridgehead atoms. The molecule has 0 radical (unpaired) electrons. The number of nitrogens with zero attached hydrogens (tertiary/aromatic N) is 3. The molecule has 0 amide bonds. The molecular formula is C15H31N5O3S. The van der Waals surface area contributed by atoms with Crippen LogP contribution in [0, 0.1) is 0 Å². The van der Waals surface area contributed by atoms with Crippen LogP contribution in [0.1, 0.15) is 20.3 Å². The minimum atomic E-state index is -3.24. The predicted molar refractivity (Wildman–Crippen MR) is 95.8 cm³/mol. The number of hydrogen-bond donors (Lipinski definition) is 2. The largest absolute Gasteiger partial charge is 0.379 e. The smallest absolute Gasteiger partial charge is 0.209 e. The standard InChI is InChI=1S/C15H31N5O3S/c1-15(2,18-24(4,21)22)12-17-14(16-3)20-6-5-13(11-20)19-7-9-23-10-8-19/h13,18H,5-12H2,1-4H3,(H,16,17). The summed E-state index contributed by atoms with van der Waals surface area (Å²) in [4.78, 5) is 9.10. The number of ether oxygens (including phenoxy) is 1. The molecule has 24 heavy (non-hydrogen) atoms. The number of morpholine rings is 1. The number of likely N-dealkylation sites (tertiary alicyclic amines) is 1. The molecule has 0 aromatic heterocycles. The highest BCUT2D eigenvalue weighted by Gasteiger charge is 2.31. The molecule has 0 saturated carbocycles. The van der Waals surface area contributed by atoms with E-state index < -0.39 is 15.6 Å². The van der Waals surface area contributed by atoms with Gasteiger partial charge in [0.05, 0.1) is 19.5 Å². The first-order valence-corrected chi connectivity index (χ1v) is 10.4. The molecule has 9 heteroatoms. The third-order valence-electron chi connectivity index (χ3n) is 4.39. The van der Waals surface area contributed by atoms with Crippen LogP contribution in [0.25, 0.3) is 0 Å². The molecule has 140 valence electrons. The van der Waals surface area contributed by atoms with Crippen LogP contribution in [-0.2, 0) is 14.8 Å². The van der Waals surface area contributed by atoms with Gasteiger partial charge >= 0.3 is 0 Å². The van der Waals surface area contributed by atoms with E-state index in [4.69, 9.17) is 4.74 Å². The predicted octanol–water partition coefficient (Wildman–Crippen LogP) is -0.704. The summed E-state index contributed by atoms with van der Waals surface area (Å²) in [7, 11) is -1.48. The van der Waals surface area contributed by atoms with Crippen LogP contribution in [0.2, 0.25) is 0 Å². The summed E-state index contributed by atoms with van der Waals surface area (Å²) in [6, 6.07) is 0.537. The maximum absolute atomic E-state index is 11.4. The number of guanidine groups is 1. The zero-order valence-corrected chi connectivity index (χ0v) is 16.0. The Hall–Kier alpha value is -0.900. The van der Waals surface area contributed by atoms with Crippen LogP contribution < -0.4 is 10.0 Å². The van der Waals surface area contributed by atoms with Crippen LogP contribution in [0.15, 0.2) is 4.99 Å². The summed E-state index contributed by atoms with van der Waals surface area (Å²) in [6.07, 6.45) is 2.29. The monoisotopic (exact) mass is 361 g/mol. The van der Waals surface area contributed by atoms with Crippen molar-refractivity contribution in [2.24, 2.45) is 4.99 Å². The van der Waals surface area contributed by atoms with Gasteiger partial charge < -0.3 is 15.0 Å². The topological polar surface area (TPSA) is 86.3 Å². The van der Waals surface area contributed by atoms with Crippen LogP contribution in [0.4, 0.5) is 0 Å². The Labute approximate surface area is 145 Å². The summed E-state index contributed by atoms with van der Waals surface area (Å²) in [6.45, 7) is 9.71. The average molecular weight is 362 g/mol. The Morgan fingerprint density at radius 2 is 1.96 bits per heavy atom. The van der Waals surface area contributed by atoms with Crippen molar-refractivity contribution in [3.8, 4) is 0 Å². The molecule has 8 nitrogen and oxygen atoms in total. The lowest BCUT2D eigenvalue weighted by Crippen LogP contribution is -2.53. The minimum absolute atomic E-state index is 0.478. The van der Waals surface area contributed by atoms with Gasteiger partial charge in [0.25, 0.3) is 0 Å². The lowest BCUT2D eigenvalue weighted by Gasteiger charge is -2.33. The van der Waals surface area contributed by atoms with Gasteiger partial charge in [0.2, 0.25) is 10.0 Å². The molecule has 2 aliphatic rings. The Morgan fingerprint density at radius 3 is 2.54 bits per heavy atom. The summed E-state index contributed by atoms with van der Waals surface area (Å²) in [5.41, 5.74) is -0.577. The highest BCUT2D eigenvalue weighted by Crippen LogP contribution is 2.17. The van der Waals surface area contributed by atoms with Crippen LogP contribution in [-0.4, -0.2) is 95.0 Å². The zero-order chi connectivity index (χ0) is 17.8. The lowest BCUT2D eigenvalue weighted by atomic mass is 10.1. The second kappa shape index (κ2) is 7.99. The van der Waals surface area contributed by atoms with E-state index in [1.54, 1.807) is 7.05 Å². The third-order valence-corrected chi connectivity index (χ3v) is 5.31. The second-order valence-electron chi connectivity index (χ2n) is 7.20. The number of nitrogens with one attached hydrogen (secondary N) is 2. The van der Waals surface area contributed by atoms with E-state index >= 15 is 0 Å². The van der Waals surface area contributed by atoms with Gasteiger partial charge in [-0.25, -0.2) is 13.1 Å². The minimum Gasteiger partial charge on any atom is -0.379 e. The van der Waals surface area contributed by atoms with Gasteiger partial charge in [-0.3, -0.25) is 9.89 Å². The van der Waals surface area contributed by atoms with Crippen molar-refractivity contribution in [2.45, 2.75) is 31.8 Å². The van der Waals surface area contributed by atoms with Crippen molar-refractivity contribution in [3.05, 3.63) is 0 Å². The number of aliphatic imine (C=N–C) groups is 1. The normalized spacial score (nSPS) is 24.4. The van der Waals surface area contributed by atoms with E-state index in [9.17, 15) is 8.42 Å². The maximum Gasteiger partial charge on any atom is 0.209 e. The molecule has 1 unspecified atom stereocenters. The number of hydrogen-bond acceptors (Lipinski definition) is 5. The van der Waals surface area contributed by atoms with E-state index in [1.807, 2.05) is 13.8 Å². The van der Waals surface area contributed by atoms with E-state index in [2.05, 4.69) is 24.8 Å². The molecule has 2 rings (SSSR count). The second-order valence-corrected chi connectivity index (χ2v) is 8.94. The van der Waals surface area contributed by atoms with Gasteiger partial charge in [-0.05, 0) is 20.3 Å². The van der Waals surface area contributed by atoms with Gasteiger partial charge in [0.15, 0.2) is 5.96 Å². The van der Waals surface area contributed by atoms with Crippen molar-refractivity contribution in [1.82, 2.24) is 19.8 Å². The van der Waals surface area contributed by atoms with E-state index in [0.717, 1.165) is 51.8 Å². The van der Waals surface area contributed by atoms with Gasteiger partial charge in [-0.15, -0.1) is 0 Å². The van der Waals surface area contributed by atoms with Crippen LogP contribution >= 0.6 is 0 Å². The quantitative estimate of drug-likeness (QED) is 0.497. The fourth-order valence-corrected chi connectivity index (χ4v) is 4.42. The fourth-order valence-electron chi connectivity index (χ4n) is 3.35. The van der Waals surface area contributed by atoms with E-state index in [0.29, 0.717) is 12.6 Å². The maximum atomic E-state index is 11.4. The molecule has 0 spiro atoms. The lowest BCUT2D eigenvalue weighted by molar-refractivity contribution is 0.0195. The number of sulfonamides is 1. The van der Waals surface area contributed by atoms with Crippen LogP contribution in [0.3, 0.4) is 0 Å². The van der Waals surface area contributed by atoms with Gasteiger partial charge in [-0.2, -0.15) is 0 Å². The molecule has 2 N–H and O–H groups in total. The summed E-state index contributed by atoms with van der Waals surface area (Å²) in [5, 5.41) is 3.30. The first kappa shape index (κ1) is 19.4. The van der Waals surface area contributed by atoms with Gasteiger partial charge in [-0.1, -0.05) is 0 Å². The molecular weight excluding hydrogens is 330 g/mol. The summed E-state index contributed by atoms with van der Waals surface area (Å²) >= 11 is 0. The van der Waals surface area contributed by atoms with Crippen molar-refractivity contribution in [3.63, 3.8) is 0 Å². The molecule has 1 atom stereocenters. The molecule has 0 aromatic carbocycles. The van der Waals surface area contributed by atoms with Crippen molar-refractivity contribution in [2.75, 3.05) is 59.2 Å². The Bertz CT molecular complexity index is 543. The number of rotatable bonds is 5. The Balaban J connectivity index is 1.86. The fraction of sp³-hybridized carbons (Fsp3) is 0.933. The first-order valence-electron chi connectivity index (χ1n) is 8.46. The summed E-state index contributed by atoms with van der Waals surface area (Å²) < 4.78 is 30.9. The molecule has 2 heterocycles. The molecule has 2 aliphatic heterocycles. The van der Waals surface area contributed by atoms with Gasteiger partial charge in [0, 0.05) is 51.4 Å². The van der Waals surface area contributed by atoms with Crippen LogP contribution in [0.5, 0.6) is 0 Å². The highest BCUT2D eigenvalue weighted by atomic mass is 32.2. The Kier molecular flexibility index (Phi) is 6.46. The SMILES string of the molecule is CN=C(NCC(C)(C)NS(C)(=O)=O)N1CCC(N2CCOCC2)C1. The third kappa shape index (κ3) is 5.87. The van der Waals surface area contributed by atoms with Crippen molar-refractivity contribution >= 4 is 16.0 Å². The molecule has 0 aliphatic carbocycles.